The van der Waals surface area contributed by atoms with Gasteiger partial charge in [-0.25, -0.2) is 4.79 Å². The Hall–Kier alpha value is -1.62. The monoisotopic (exact) mass is 252 g/mol. The Bertz CT molecular complexity index is 464. The topological polar surface area (TPSA) is 75.3 Å². The number of carbonyl (C=O) groups is 1. The third kappa shape index (κ3) is 3.42. The van der Waals surface area contributed by atoms with Crippen molar-refractivity contribution in [2.24, 2.45) is 5.73 Å². The summed E-state index contributed by atoms with van der Waals surface area (Å²) in [5.41, 5.74) is 7.13. The molecule has 1 aromatic carbocycles. The zero-order valence-electron chi connectivity index (χ0n) is 10.1. The van der Waals surface area contributed by atoms with Crippen molar-refractivity contribution in [2.75, 3.05) is 5.32 Å². The van der Waals surface area contributed by atoms with E-state index in [1.54, 1.807) is 18.2 Å². The number of carboxylic acid groups (broad SMARTS) is 1. The molecule has 0 saturated heterocycles. The van der Waals surface area contributed by atoms with Crippen LogP contribution in [-0.2, 0) is 5.41 Å². The van der Waals surface area contributed by atoms with Crippen LogP contribution in [0.4, 0.5) is 5.69 Å². The Morgan fingerprint density at radius 1 is 1.41 bits per heavy atom. The molecule has 0 fully saturated rings. The van der Waals surface area contributed by atoms with Crippen LogP contribution in [0.25, 0.3) is 0 Å². The lowest BCUT2D eigenvalue weighted by Gasteiger charge is -2.23. The first-order chi connectivity index (χ1) is 7.71. The first kappa shape index (κ1) is 13.4. The molecular weight excluding hydrogens is 236 g/mol. The number of hydrogen-bond acceptors (Lipinski definition) is 2. The van der Waals surface area contributed by atoms with Gasteiger partial charge in [0.15, 0.2) is 5.11 Å². The van der Waals surface area contributed by atoms with Crippen LogP contribution in [0.2, 0.25) is 0 Å². The molecule has 4 nitrogen and oxygen atoms in total. The van der Waals surface area contributed by atoms with Crippen LogP contribution in [0.15, 0.2) is 18.2 Å². The van der Waals surface area contributed by atoms with E-state index in [2.05, 4.69) is 5.32 Å². The van der Waals surface area contributed by atoms with Gasteiger partial charge in [0.1, 0.15) is 0 Å². The Labute approximate surface area is 106 Å². The van der Waals surface area contributed by atoms with Gasteiger partial charge in [0, 0.05) is 5.69 Å². The Morgan fingerprint density at radius 2 is 2.00 bits per heavy atom. The van der Waals surface area contributed by atoms with Crippen molar-refractivity contribution in [3.63, 3.8) is 0 Å². The summed E-state index contributed by atoms with van der Waals surface area (Å²) in [7, 11) is 0. The number of hydrogen-bond donors (Lipinski definition) is 3. The number of thiocarbonyl (C=S) groups is 1. The predicted molar refractivity (Wildman–Crippen MR) is 72.5 cm³/mol. The summed E-state index contributed by atoms with van der Waals surface area (Å²) in [6.45, 7) is 6.11. The minimum Gasteiger partial charge on any atom is -0.478 e. The van der Waals surface area contributed by atoms with Crippen molar-refractivity contribution in [3.8, 4) is 0 Å². The highest BCUT2D eigenvalue weighted by atomic mass is 32.1. The van der Waals surface area contributed by atoms with Gasteiger partial charge in [-0.15, -0.1) is 0 Å². The fourth-order valence-corrected chi connectivity index (χ4v) is 1.68. The molecule has 1 rings (SSSR count). The first-order valence-corrected chi connectivity index (χ1v) is 5.57. The third-order valence-electron chi connectivity index (χ3n) is 2.33. The predicted octanol–water partition coefficient (Wildman–Crippen LogP) is 2.34. The maximum atomic E-state index is 10.9. The average molecular weight is 252 g/mol. The van der Waals surface area contributed by atoms with Crippen molar-refractivity contribution in [3.05, 3.63) is 29.3 Å². The minimum atomic E-state index is -0.976. The number of nitrogens with two attached hydrogens (primary N) is 1. The van der Waals surface area contributed by atoms with Crippen LogP contribution in [0, 0.1) is 0 Å². The molecule has 5 heteroatoms. The second kappa shape index (κ2) is 4.71. The van der Waals surface area contributed by atoms with E-state index in [1.807, 2.05) is 20.8 Å². The summed E-state index contributed by atoms with van der Waals surface area (Å²) in [4.78, 5) is 10.9. The van der Waals surface area contributed by atoms with Crippen molar-refractivity contribution >= 4 is 29.0 Å². The molecule has 0 aliphatic heterocycles. The van der Waals surface area contributed by atoms with Gasteiger partial charge in [0.05, 0.1) is 5.56 Å². The maximum absolute atomic E-state index is 10.9. The largest absolute Gasteiger partial charge is 0.478 e. The van der Waals surface area contributed by atoms with Gasteiger partial charge in [-0.05, 0) is 35.3 Å². The van der Waals surface area contributed by atoms with E-state index in [9.17, 15) is 4.79 Å². The number of aromatic carboxylic acids is 1. The van der Waals surface area contributed by atoms with Crippen molar-refractivity contribution in [1.29, 1.82) is 0 Å². The molecule has 0 bridgehead atoms. The fraction of sp³-hybridized carbons (Fsp3) is 0.333. The molecule has 0 aromatic heterocycles. The molecule has 0 spiro atoms. The van der Waals surface area contributed by atoms with Gasteiger partial charge < -0.3 is 16.2 Å². The molecule has 0 radical (unpaired) electrons. The van der Waals surface area contributed by atoms with Crippen LogP contribution in [-0.4, -0.2) is 16.2 Å². The zero-order chi connectivity index (χ0) is 13.2. The molecule has 0 aliphatic carbocycles. The van der Waals surface area contributed by atoms with Gasteiger partial charge in [-0.2, -0.15) is 0 Å². The van der Waals surface area contributed by atoms with Crippen LogP contribution in [0.3, 0.4) is 0 Å². The second-order valence-electron chi connectivity index (χ2n) is 4.80. The van der Waals surface area contributed by atoms with Crippen molar-refractivity contribution in [1.82, 2.24) is 0 Å². The molecular formula is C12H16N2O2S. The number of anilines is 1. The van der Waals surface area contributed by atoms with Crippen LogP contribution in [0.5, 0.6) is 0 Å². The number of rotatable bonds is 2. The summed E-state index contributed by atoms with van der Waals surface area (Å²) in [5, 5.41) is 11.9. The highest BCUT2D eigenvalue weighted by Gasteiger charge is 2.19. The normalized spacial score (nSPS) is 11.0. The van der Waals surface area contributed by atoms with Gasteiger partial charge in [0.2, 0.25) is 0 Å². The summed E-state index contributed by atoms with van der Waals surface area (Å²) in [5.74, 6) is -0.976. The summed E-state index contributed by atoms with van der Waals surface area (Å²) < 4.78 is 0. The first-order valence-electron chi connectivity index (χ1n) is 5.16. The SMILES string of the molecule is CC(C)(C)c1ccc(C(=O)O)cc1NC(N)=S. The lowest BCUT2D eigenvalue weighted by molar-refractivity contribution is 0.0697. The standard InChI is InChI=1S/C12H16N2O2S/c1-12(2,3)8-5-4-7(10(15)16)6-9(8)14-11(13)17/h4-6H,1-3H3,(H,15,16)(H3,13,14,17). The van der Waals surface area contributed by atoms with Gasteiger partial charge in [0.25, 0.3) is 0 Å². The zero-order valence-corrected chi connectivity index (χ0v) is 10.9. The molecule has 0 unspecified atom stereocenters. The van der Waals surface area contributed by atoms with E-state index in [0.29, 0.717) is 5.69 Å². The molecule has 1 aromatic rings. The molecule has 0 atom stereocenters. The third-order valence-corrected chi connectivity index (χ3v) is 2.43. The van der Waals surface area contributed by atoms with E-state index < -0.39 is 5.97 Å². The highest BCUT2D eigenvalue weighted by molar-refractivity contribution is 7.80. The van der Waals surface area contributed by atoms with E-state index in [4.69, 9.17) is 23.1 Å². The van der Waals surface area contributed by atoms with Crippen molar-refractivity contribution in [2.45, 2.75) is 26.2 Å². The quantitative estimate of drug-likeness (QED) is 0.704. The number of carboxylic acids is 1. The van der Waals surface area contributed by atoms with Gasteiger partial charge >= 0.3 is 5.97 Å². The molecule has 92 valence electrons. The molecule has 4 N–H and O–H groups in total. The summed E-state index contributed by atoms with van der Waals surface area (Å²) >= 11 is 4.79. The summed E-state index contributed by atoms with van der Waals surface area (Å²) in [6, 6.07) is 4.90. The molecule has 17 heavy (non-hydrogen) atoms. The lowest BCUT2D eigenvalue weighted by Crippen LogP contribution is -2.23. The van der Waals surface area contributed by atoms with Crippen LogP contribution >= 0.6 is 12.2 Å². The second-order valence-corrected chi connectivity index (χ2v) is 5.24. The van der Waals surface area contributed by atoms with Gasteiger partial charge in [-0.3, -0.25) is 0 Å². The van der Waals surface area contributed by atoms with Crippen molar-refractivity contribution < 1.29 is 9.90 Å². The molecule has 0 saturated carbocycles. The molecule has 0 heterocycles. The summed E-state index contributed by atoms with van der Waals surface area (Å²) in [6.07, 6.45) is 0. The maximum Gasteiger partial charge on any atom is 0.335 e. The number of benzene rings is 1. The average Bonchev–Trinajstić information content (AvgIpc) is 2.14. The fourth-order valence-electron chi connectivity index (χ4n) is 1.57. The Balaban J connectivity index is 3.31. The van der Waals surface area contributed by atoms with E-state index in [1.165, 1.54) is 0 Å². The number of nitrogens with one attached hydrogen (secondary N) is 1. The molecule has 0 amide bonds. The van der Waals surface area contributed by atoms with Gasteiger partial charge in [-0.1, -0.05) is 26.8 Å². The highest BCUT2D eigenvalue weighted by Crippen LogP contribution is 2.30. The minimum absolute atomic E-state index is 0.121. The van der Waals surface area contributed by atoms with E-state index >= 15 is 0 Å². The van der Waals surface area contributed by atoms with Crippen LogP contribution in [0.1, 0.15) is 36.7 Å². The van der Waals surface area contributed by atoms with E-state index in [0.717, 1.165) is 5.56 Å². The smallest absolute Gasteiger partial charge is 0.335 e. The Morgan fingerprint density at radius 3 is 2.41 bits per heavy atom. The molecule has 0 aliphatic rings. The lowest BCUT2D eigenvalue weighted by atomic mass is 9.85. The Kier molecular flexibility index (Phi) is 3.72. The van der Waals surface area contributed by atoms with E-state index in [-0.39, 0.29) is 16.1 Å². The van der Waals surface area contributed by atoms with Crippen LogP contribution < -0.4 is 11.1 Å².